The summed E-state index contributed by atoms with van der Waals surface area (Å²) in [6.07, 6.45) is 0.898. The molecule has 0 spiro atoms. The van der Waals surface area contributed by atoms with Gasteiger partial charge in [-0.25, -0.2) is 0 Å². The summed E-state index contributed by atoms with van der Waals surface area (Å²) in [4.78, 5) is 13.9. The van der Waals surface area contributed by atoms with Crippen molar-refractivity contribution in [2.75, 3.05) is 20.2 Å². The van der Waals surface area contributed by atoms with Crippen LogP contribution in [0.15, 0.2) is 24.3 Å². The van der Waals surface area contributed by atoms with E-state index in [0.29, 0.717) is 36.9 Å². The van der Waals surface area contributed by atoms with Gasteiger partial charge < -0.3 is 15.4 Å². The Balaban J connectivity index is 2.32. The van der Waals surface area contributed by atoms with Gasteiger partial charge in [0.25, 0.3) is 0 Å². The van der Waals surface area contributed by atoms with Crippen LogP contribution < -0.4 is 10.5 Å². The number of nitrogens with zero attached hydrogens (tertiary/aromatic N) is 1. The fourth-order valence-corrected chi connectivity index (χ4v) is 1.89. The number of hydrogen-bond acceptors (Lipinski definition) is 3. The first kappa shape index (κ1) is 17.4. The maximum atomic E-state index is 11.9. The monoisotopic (exact) mass is 308 g/mol. The lowest BCUT2D eigenvalue weighted by Gasteiger charge is -2.17. The van der Waals surface area contributed by atoms with E-state index < -0.39 is 0 Å². The summed E-state index contributed by atoms with van der Waals surface area (Å²) in [5, 5.41) is 0. The molecule has 0 atom stereocenters. The Morgan fingerprint density at radius 3 is 2.43 bits per heavy atom. The third-order valence-electron chi connectivity index (χ3n) is 3.25. The van der Waals surface area contributed by atoms with E-state index in [2.05, 4.69) is 26.0 Å². The first-order chi connectivity index (χ1) is 9.90. The minimum atomic E-state index is 0.0325. The van der Waals surface area contributed by atoms with Crippen molar-refractivity contribution < 1.29 is 9.53 Å². The largest absolute Gasteiger partial charge is 0.493 e. The van der Waals surface area contributed by atoms with E-state index >= 15 is 0 Å². The lowest BCUT2D eigenvalue weighted by Crippen LogP contribution is -2.30. The van der Waals surface area contributed by atoms with E-state index in [1.165, 1.54) is 5.56 Å². The van der Waals surface area contributed by atoms with Gasteiger partial charge in [-0.05, 0) is 23.6 Å². The van der Waals surface area contributed by atoms with Crippen molar-refractivity contribution >= 4 is 23.1 Å². The zero-order valence-electron chi connectivity index (χ0n) is 13.0. The van der Waals surface area contributed by atoms with Crippen LogP contribution in [-0.4, -0.2) is 36.0 Å². The number of carbonyl (C=O) groups is 1. The van der Waals surface area contributed by atoms with Crippen molar-refractivity contribution in [3.05, 3.63) is 29.8 Å². The van der Waals surface area contributed by atoms with Gasteiger partial charge in [0, 0.05) is 20.0 Å². The molecule has 0 aromatic heterocycles. The van der Waals surface area contributed by atoms with Crippen molar-refractivity contribution in [1.29, 1.82) is 0 Å². The second kappa shape index (κ2) is 8.62. The molecule has 1 rings (SSSR count). The zero-order chi connectivity index (χ0) is 15.8. The summed E-state index contributed by atoms with van der Waals surface area (Å²) in [6.45, 7) is 5.23. The van der Waals surface area contributed by atoms with Crippen molar-refractivity contribution in [3.8, 4) is 5.75 Å². The molecule has 1 aromatic carbocycles. The standard InChI is InChI=1S/C16H24N2O2S/c1-12(2)13-4-6-14(7-5-13)20-11-9-16(19)18(3)10-8-15(17)21/h4-7,12H,8-11H2,1-3H3,(H2,17,21). The molecule has 5 heteroatoms. The average molecular weight is 308 g/mol. The van der Waals surface area contributed by atoms with Crippen LogP contribution in [0.2, 0.25) is 0 Å². The minimum Gasteiger partial charge on any atom is -0.493 e. The summed E-state index contributed by atoms with van der Waals surface area (Å²) in [6, 6.07) is 7.99. The van der Waals surface area contributed by atoms with Crippen LogP contribution >= 0.6 is 12.2 Å². The Hall–Kier alpha value is -1.62. The molecule has 21 heavy (non-hydrogen) atoms. The number of rotatable bonds is 8. The first-order valence-corrected chi connectivity index (χ1v) is 7.56. The SMILES string of the molecule is CC(C)c1ccc(OCCC(=O)N(C)CCC(N)=S)cc1. The molecule has 0 heterocycles. The van der Waals surface area contributed by atoms with Crippen LogP contribution in [0.3, 0.4) is 0 Å². The molecule has 1 amide bonds. The molecule has 0 saturated carbocycles. The fraction of sp³-hybridized carbons (Fsp3) is 0.500. The average Bonchev–Trinajstić information content (AvgIpc) is 2.45. The van der Waals surface area contributed by atoms with Crippen LogP contribution in [0.25, 0.3) is 0 Å². The highest BCUT2D eigenvalue weighted by Gasteiger charge is 2.09. The van der Waals surface area contributed by atoms with Crippen molar-refractivity contribution in [1.82, 2.24) is 4.90 Å². The van der Waals surface area contributed by atoms with Gasteiger partial charge in [0.2, 0.25) is 5.91 Å². The van der Waals surface area contributed by atoms with Crippen molar-refractivity contribution in [2.24, 2.45) is 5.73 Å². The number of carbonyl (C=O) groups excluding carboxylic acids is 1. The van der Waals surface area contributed by atoms with E-state index in [1.807, 2.05) is 12.1 Å². The molecule has 0 aliphatic carbocycles. The third-order valence-corrected chi connectivity index (χ3v) is 3.45. The lowest BCUT2D eigenvalue weighted by molar-refractivity contribution is -0.130. The molecule has 1 aromatic rings. The molecular formula is C16H24N2O2S. The Morgan fingerprint density at radius 1 is 1.29 bits per heavy atom. The first-order valence-electron chi connectivity index (χ1n) is 7.15. The van der Waals surface area contributed by atoms with Crippen LogP contribution in [0.4, 0.5) is 0 Å². The quantitative estimate of drug-likeness (QED) is 0.750. The molecule has 0 unspecified atom stereocenters. The minimum absolute atomic E-state index is 0.0325. The second-order valence-corrected chi connectivity index (χ2v) is 5.88. The number of hydrogen-bond donors (Lipinski definition) is 1. The van der Waals surface area contributed by atoms with E-state index in [4.69, 9.17) is 22.7 Å². The van der Waals surface area contributed by atoms with Crippen LogP contribution in [0.1, 0.15) is 38.2 Å². The normalized spacial score (nSPS) is 10.5. The van der Waals surface area contributed by atoms with E-state index in [1.54, 1.807) is 11.9 Å². The number of nitrogens with two attached hydrogens (primary N) is 1. The number of thiocarbonyl (C=S) groups is 1. The molecule has 0 bridgehead atoms. The molecule has 0 saturated heterocycles. The van der Waals surface area contributed by atoms with Gasteiger partial charge in [-0.1, -0.05) is 38.2 Å². The Bertz CT molecular complexity index is 472. The fourth-order valence-electron chi connectivity index (χ4n) is 1.80. The summed E-state index contributed by atoms with van der Waals surface area (Å²) in [7, 11) is 1.75. The smallest absolute Gasteiger partial charge is 0.225 e. The Morgan fingerprint density at radius 2 is 1.90 bits per heavy atom. The highest BCUT2D eigenvalue weighted by Crippen LogP contribution is 2.18. The van der Waals surface area contributed by atoms with E-state index in [9.17, 15) is 4.79 Å². The van der Waals surface area contributed by atoms with Gasteiger partial charge in [-0.3, -0.25) is 4.79 Å². The lowest BCUT2D eigenvalue weighted by atomic mass is 10.0. The molecule has 4 nitrogen and oxygen atoms in total. The predicted octanol–water partition coefficient (Wildman–Crippen LogP) is 2.71. The van der Waals surface area contributed by atoms with Gasteiger partial charge in [-0.15, -0.1) is 0 Å². The van der Waals surface area contributed by atoms with Crippen LogP contribution in [-0.2, 0) is 4.79 Å². The van der Waals surface area contributed by atoms with Gasteiger partial charge >= 0.3 is 0 Å². The molecule has 0 aliphatic rings. The number of benzene rings is 1. The predicted molar refractivity (Wildman–Crippen MR) is 89.7 cm³/mol. The summed E-state index contributed by atoms with van der Waals surface area (Å²) in [5.74, 6) is 1.32. The highest BCUT2D eigenvalue weighted by molar-refractivity contribution is 7.80. The van der Waals surface area contributed by atoms with Gasteiger partial charge in [-0.2, -0.15) is 0 Å². The topological polar surface area (TPSA) is 55.6 Å². The zero-order valence-corrected chi connectivity index (χ0v) is 13.8. The van der Waals surface area contributed by atoms with Gasteiger partial charge in [0.05, 0.1) is 18.0 Å². The Kier molecular flexibility index (Phi) is 7.15. The number of amides is 1. The highest BCUT2D eigenvalue weighted by atomic mass is 32.1. The molecule has 0 fully saturated rings. The Labute approximate surface area is 132 Å². The molecule has 116 valence electrons. The van der Waals surface area contributed by atoms with Gasteiger partial charge in [0.15, 0.2) is 0 Å². The summed E-state index contributed by atoms with van der Waals surface area (Å²) < 4.78 is 5.59. The third kappa shape index (κ3) is 6.58. The van der Waals surface area contributed by atoms with Crippen molar-refractivity contribution in [2.45, 2.75) is 32.6 Å². The molecule has 0 aliphatic heterocycles. The van der Waals surface area contributed by atoms with Crippen LogP contribution in [0, 0.1) is 0 Å². The van der Waals surface area contributed by atoms with E-state index in [0.717, 1.165) is 5.75 Å². The van der Waals surface area contributed by atoms with Gasteiger partial charge in [0.1, 0.15) is 5.75 Å². The molecular weight excluding hydrogens is 284 g/mol. The summed E-state index contributed by atoms with van der Waals surface area (Å²) >= 11 is 4.80. The second-order valence-electron chi connectivity index (χ2n) is 5.35. The maximum absolute atomic E-state index is 11.9. The summed E-state index contributed by atoms with van der Waals surface area (Å²) in [5.41, 5.74) is 6.69. The molecule has 2 N–H and O–H groups in total. The van der Waals surface area contributed by atoms with E-state index in [-0.39, 0.29) is 5.91 Å². The van der Waals surface area contributed by atoms with Crippen LogP contribution in [0.5, 0.6) is 5.75 Å². The maximum Gasteiger partial charge on any atom is 0.225 e. The van der Waals surface area contributed by atoms with Crippen molar-refractivity contribution in [3.63, 3.8) is 0 Å². The molecule has 0 radical (unpaired) electrons. The number of ether oxygens (including phenoxy) is 1.